The summed E-state index contributed by atoms with van der Waals surface area (Å²) in [6.45, 7) is 5.33. The van der Waals surface area contributed by atoms with Gasteiger partial charge < -0.3 is 4.74 Å². The summed E-state index contributed by atoms with van der Waals surface area (Å²) in [5, 5.41) is -0.293. The van der Waals surface area contributed by atoms with E-state index in [0.717, 1.165) is 18.2 Å². The van der Waals surface area contributed by atoms with Crippen LogP contribution in [0.3, 0.4) is 0 Å². The second kappa shape index (κ2) is 8.53. The number of halogens is 1. The molecule has 0 saturated heterocycles. The molecule has 0 heterocycles. The van der Waals surface area contributed by atoms with Crippen molar-refractivity contribution in [2.24, 2.45) is 0 Å². The molecule has 0 N–H and O–H groups in total. The molecular formula is C11H17FO2S. The predicted octanol–water partition coefficient (Wildman–Crippen LogP) is 3.45. The van der Waals surface area contributed by atoms with Crippen molar-refractivity contribution >= 4 is 17.7 Å². The van der Waals surface area contributed by atoms with Crippen molar-refractivity contribution in [3.05, 3.63) is 22.9 Å². The van der Waals surface area contributed by atoms with E-state index in [1.165, 1.54) is 18.6 Å². The Bertz CT molecular complexity index is 255. The van der Waals surface area contributed by atoms with Crippen molar-refractivity contribution in [3.8, 4) is 0 Å². The van der Waals surface area contributed by atoms with Crippen molar-refractivity contribution in [2.45, 2.75) is 27.2 Å². The van der Waals surface area contributed by atoms with Crippen LogP contribution in [-0.4, -0.2) is 18.3 Å². The van der Waals surface area contributed by atoms with Gasteiger partial charge in [0.25, 0.3) is 0 Å². The van der Waals surface area contributed by atoms with E-state index in [1.807, 2.05) is 13.8 Å². The second-order valence-electron chi connectivity index (χ2n) is 3.23. The molecule has 0 aromatic carbocycles. The normalized spacial score (nSPS) is 11.1. The summed E-state index contributed by atoms with van der Waals surface area (Å²) >= 11 is 1.13. The van der Waals surface area contributed by atoms with Gasteiger partial charge in [-0.15, -0.1) is 0 Å². The number of rotatable bonds is 6. The maximum atomic E-state index is 13.0. The van der Waals surface area contributed by atoms with E-state index in [2.05, 4.69) is 10.8 Å². The fraction of sp³-hybridized carbons (Fsp3) is 0.545. The first-order chi connectivity index (χ1) is 7.02. The zero-order valence-electron chi connectivity index (χ0n) is 9.38. The predicted molar refractivity (Wildman–Crippen MR) is 62.3 cm³/mol. The summed E-state index contributed by atoms with van der Waals surface area (Å²) in [6, 6.07) is 0. The van der Waals surface area contributed by atoms with Gasteiger partial charge in [-0.05, 0) is 26.3 Å². The lowest BCUT2D eigenvalue weighted by Gasteiger charge is -1.98. The lowest BCUT2D eigenvalue weighted by molar-refractivity contribution is -0.139. The molecular weight excluding hydrogens is 215 g/mol. The Morgan fingerprint density at radius 1 is 1.33 bits per heavy atom. The largest absolute Gasteiger partial charge is 0.462 e. The van der Waals surface area contributed by atoms with Crippen LogP contribution in [0.5, 0.6) is 0 Å². The molecule has 4 heteroatoms. The number of hydrogen-bond donors (Lipinski definition) is 0. The highest BCUT2D eigenvalue weighted by Gasteiger charge is 1.96. The Balaban J connectivity index is 3.59. The number of ether oxygens (including phenoxy) is 1. The van der Waals surface area contributed by atoms with Crippen LogP contribution >= 0.6 is 11.8 Å². The standard InChI is InChI=1S/C11H17FO2S/c1-9(2)5-4-8-15-11(12)6-7-14-10(3)13/h5-6H,4,7-8H2,1-3H3/b11-6-. The van der Waals surface area contributed by atoms with Gasteiger partial charge in [-0.25, -0.2) is 0 Å². The number of thioether (sulfide) groups is 1. The highest BCUT2D eigenvalue weighted by atomic mass is 32.2. The van der Waals surface area contributed by atoms with E-state index in [4.69, 9.17) is 0 Å². The summed E-state index contributed by atoms with van der Waals surface area (Å²) < 4.78 is 17.6. The minimum atomic E-state index is -0.395. The van der Waals surface area contributed by atoms with Gasteiger partial charge in [0.15, 0.2) is 5.16 Å². The Labute approximate surface area is 94.6 Å². The van der Waals surface area contributed by atoms with E-state index in [9.17, 15) is 9.18 Å². The van der Waals surface area contributed by atoms with Gasteiger partial charge in [-0.1, -0.05) is 23.4 Å². The van der Waals surface area contributed by atoms with Crippen LogP contribution in [0.15, 0.2) is 22.9 Å². The van der Waals surface area contributed by atoms with E-state index in [0.29, 0.717) is 5.75 Å². The molecule has 0 aromatic heterocycles. The van der Waals surface area contributed by atoms with Crippen LogP contribution in [0, 0.1) is 0 Å². The van der Waals surface area contributed by atoms with Gasteiger partial charge in [0.2, 0.25) is 0 Å². The molecule has 0 aliphatic carbocycles. The molecule has 2 nitrogen and oxygen atoms in total. The molecule has 0 amide bonds. The molecule has 86 valence electrons. The number of allylic oxidation sites excluding steroid dienone is 2. The Kier molecular flexibility index (Phi) is 8.09. The lowest BCUT2D eigenvalue weighted by Crippen LogP contribution is -1.97. The summed E-state index contributed by atoms with van der Waals surface area (Å²) in [6.07, 6.45) is 4.18. The Morgan fingerprint density at radius 2 is 2.00 bits per heavy atom. The van der Waals surface area contributed by atoms with Crippen molar-refractivity contribution < 1.29 is 13.9 Å². The van der Waals surface area contributed by atoms with Crippen LogP contribution < -0.4 is 0 Å². The SMILES string of the molecule is CC(=O)OC/C=C(/F)SCCC=C(C)C. The molecule has 0 rings (SSSR count). The first-order valence-electron chi connectivity index (χ1n) is 4.77. The highest BCUT2D eigenvalue weighted by molar-refractivity contribution is 8.02. The van der Waals surface area contributed by atoms with Gasteiger partial charge in [0.1, 0.15) is 6.61 Å². The monoisotopic (exact) mass is 232 g/mol. The maximum Gasteiger partial charge on any atom is 0.302 e. The minimum absolute atomic E-state index is 0.0107. The van der Waals surface area contributed by atoms with Crippen molar-refractivity contribution in [1.29, 1.82) is 0 Å². The van der Waals surface area contributed by atoms with Crippen LogP contribution in [-0.2, 0) is 9.53 Å². The van der Waals surface area contributed by atoms with Crippen molar-refractivity contribution in [2.75, 3.05) is 12.4 Å². The quantitative estimate of drug-likeness (QED) is 0.398. The average molecular weight is 232 g/mol. The van der Waals surface area contributed by atoms with E-state index in [-0.39, 0.29) is 11.8 Å². The lowest BCUT2D eigenvalue weighted by atomic mass is 10.3. The number of hydrogen-bond acceptors (Lipinski definition) is 3. The summed E-state index contributed by atoms with van der Waals surface area (Å²) in [5.74, 6) is 0.307. The summed E-state index contributed by atoms with van der Waals surface area (Å²) in [7, 11) is 0. The topological polar surface area (TPSA) is 26.3 Å². The van der Waals surface area contributed by atoms with Gasteiger partial charge in [-0.3, -0.25) is 4.79 Å². The molecule has 15 heavy (non-hydrogen) atoms. The molecule has 0 aromatic rings. The Hall–Kier alpha value is -0.770. The Morgan fingerprint density at radius 3 is 2.53 bits per heavy atom. The molecule has 0 fully saturated rings. The van der Waals surface area contributed by atoms with Crippen molar-refractivity contribution in [1.82, 2.24) is 0 Å². The first-order valence-corrected chi connectivity index (χ1v) is 5.76. The van der Waals surface area contributed by atoms with Gasteiger partial charge >= 0.3 is 5.97 Å². The third-order valence-electron chi connectivity index (χ3n) is 1.44. The number of esters is 1. The van der Waals surface area contributed by atoms with Gasteiger partial charge in [0, 0.05) is 12.7 Å². The molecule has 0 aliphatic heterocycles. The molecule has 0 unspecified atom stereocenters. The van der Waals surface area contributed by atoms with Crippen LogP contribution in [0.25, 0.3) is 0 Å². The van der Waals surface area contributed by atoms with E-state index >= 15 is 0 Å². The fourth-order valence-electron chi connectivity index (χ4n) is 0.787. The number of carbonyl (C=O) groups excluding carboxylic acids is 1. The summed E-state index contributed by atoms with van der Waals surface area (Å²) in [5.41, 5.74) is 1.24. The minimum Gasteiger partial charge on any atom is -0.462 e. The third kappa shape index (κ3) is 11.2. The molecule has 0 aliphatic rings. The average Bonchev–Trinajstić information content (AvgIpc) is 2.11. The van der Waals surface area contributed by atoms with Gasteiger partial charge in [0.05, 0.1) is 0 Å². The van der Waals surface area contributed by atoms with Crippen molar-refractivity contribution in [3.63, 3.8) is 0 Å². The van der Waals surface area contributed by atoms with Gasteiger partial charge in [-0.2, -0.15) is 4.39 Å². The summed E-state index contributed by atoms with van der Waals surface area (Å²) in [4.78, 5) is 10.4. The molecule has 0 bridgehead atoms. The highest BCUT2D eigenvalue weighted by Crippen LogP contribution is 2.17. The zero-order chi connectivity index (χ0) is 11.7. The van der Waals surface area contributed by atoms with Crippen LogP contribution in [0.4, 0.5) is 4.39 Å². The van der Waals surface area contributed by atoms with Crippen LogP contribution in [0.1, 0.15) is 27.2 Å². The van der Waals surface area contributed by atoms with E-state index < -0.39 is 5.97 Å². The molecule has 0 radical (unpaired) electrons. The molecule has 0 atom stereocenters. The maximum absolute atomic E-state index is 13.0. The number of carbonyl (C=O) groups is 1. The zero-order valence-corrected chi connectivity index (χ0v) is 10.2. The third-order valence-corrected chi connectivity index (χ3v) is 2.32. The van der Waals surface area contributed by atoms with Crippen LogP contribution in [0.2, 0.25) is 0 Å². The fourth-order valence-corrected chi connectivity index (χ4v) is 1.40. The first kappa shape index (κ1) is 14.2. The second-order valence-corrected chi connectivity index (χ2v) is 4.32. The molecule has 0 saturated carbocycles. The van der Waals surface area contributed by atoms with E-state index in [1.54, 1.807) is 0 Å². The smallest absolute Gasteiger partial charge is 0.302 e. The molecule has 0 spiro atoms.